The average molecular weight is 216 g/mol. The second kappa shape index (κ2) is 9.97. The van der Waals surface area contributed by atoms with Gasteiger partial charge in [-0.2, -0.15) is 0 Å². The Morgan fingerprint density at radius 3 is 1.50 bits per heavy atom. The fourth-order valence-corrected chi connectivity index (χ4v) is 4.27. The van der Waals surface area contributed by atoms with E-state index in [2.05, 4.69) is 27.7 Å². The van der Waals surface area contributed by atoms with Crippen LogP contribution < -0.4 is 0 Å². The highest BCUT2D eigenvalue weighted by Crippen LogP contribution is 2.42. The van der Waals surface area contributed by atoms with Crippen LogP contribution in [-0.4, -0.2) is 18.0 Å². The highest BCUT2D eigenvalue weighted by atomic mass is 31.1. The summed E-state index contributed by atoms with van der Waals surface area (Å²) in [4.78, 5) is 0. The first-order chi connectivity index (χ1) is 6.72. The minimum atomic E-state index is 0.357. The van der Waals surface area contributed by atoms with Crippen LogP contribution in [0.2, 0.25) is 0 Å². The van der Waals surface area contributed by atoms with E-state index in [0.717, 1.165) is 5.66 Å². The van der Waals surface area contributed by atoms with E-state index in [1.165, 1.54) is 50.8 Å². The largest absolute Gasteiger partial charge is 0.104 e. The van der Waals surface area contributed by atoms with Crippen LogP contribution in [0.1, 0.15) is 66.2 Å². The van der Waals surface area contributed by atoms with Gasteiger partial charge in [-0.15, -0.1) is 7.92 Å². The molecular weight excluding hydrogens is 187 g/mol. The molecule has 0 bridgehead atoms. The second-order valence-corrected chi connectivity index (χ2v) is 7.65. The molecule has 0 saturated heterocycles. The normalized spacial score (nSPS) is 11.6. The lowest BCUT2D eigenvalue weighted by Gasteiger charge is -2.21. The van der Waals surface area contributed by atoms with Crippen molar-refractivity contribution >= 4 is 7.92 Å². The molecule has 0 aromatic heterocycles. The minimum Gasteiger partial charge on any atom is -0.104 e. The van der Waals surface area contributed by atoms with E-state index in [-0.39, 0.29) is 0 Å². The zero-order valence-corrected chi connectivity index (χ0v) is 11.6. The molecule has 0 aromatic rings. The van der Waals surface area contributed by atoms with Crippen LogP contribution >= 0.6 is 7.92 Å². The SMILES string of the molecule is CCCCCP(CCCCC)C(C)C. The van der Waals surface area contributed by atoms with Crippen molar-refractivity contribution in [2.75, 3.05) is 12.3 Å². The summed E-state index contributed by atoms with van der Waals surface area (Å²) in [6, 6.07) is 0. The van der Waals surface area contributed by atoms with Gasteiger partial charge >= 0.3 is 0 Å². The highest BCUT2D eigenvalue weighted by molar-refractivity contribution is 7.58. The first kappa shape index (κ1) is 14.4. The van der Waals surface area contributed by atoms with E-state index in [0.29, 0.717) is 7.92 Å². The molecule has 0 fully saturated rings. The first-order valence-electron chi connectivity index (χ1n) is 6.46. The third-order valence-electron chi connectivity index (χ3n) is 2.83. The van der Waals surface area contributed by atoms with Gasteiger partial charge in [-0.3, -0.25) is 0 Å². The maximum atomic E-state index is 2.42. The summed E-state index contributed by atoms with van der Waals surface area (Å²) in [5, 5.41) is 0. The summed E-state index contributed by atoms with van der Waals surface area (Å²) in [5.74, 6) is 0. The van der Waals surface area contributed by atoms with Gasteiger partial charge in [0.05, 0.1) is 0 Å². The van der Waals surface area contributed by atoms with Gasteiger partial charge in [-0.25, -0.2) is 0 Å². The summed E-state index contributed by atoms with van der Waals surface area (Å²) >= 11 is 0. The minimum absolute atomic E-state index is 0.357. The molecule has 0 saturated carbocycles. The fraction of sp³-hybridized carbons (Fsp3) is 1.00. The summed E-state index contributed by atoms with van der Waals surface area (Å²) in [6.45, 7) is 9.44. The van der Waals surface area contributed by atoms with E-state index in [1.807, 2.05) is 0 Å². The molecule has 0 N–H and O–H groups in total. The molecule has 0 aromatic carbocycles. The fourth-order valence-electron chi connectivity index (χ4n) is 1.76. The van der Waals surface area contributed by atoms with Crippen molar-refractivity contribution < 1.29 is 0 Å². The molecule has 0 aliphatic rings. The van der Waals surface area contributed by atoms with E-state index < -0.39 is 0 Å². The zero-order valence-electron chi connectivity index (χ0n) is 10.7. The number of hydrogen-bond acceptors (Lipinski definition) is 0. The topological polar surface area (TPSA) is 0 Å². The number of unbranched alkanes of at least 4 members (excludes halogenated alkanes) is 4. The molecule has 0 spiro atoms. The monoisotopic (exact) mass is 216 g/mol. The molecule has 86 valence electrons. The summed E-state index contributed by atoms with van der Waals surface area (Å²) in [5.41, 5.74) is 0.957. The Labute approximate surface area is 92.6 Å². The summed E-state index contributed by atoms with van der Waals surface area (Å²) in [7, 11) is 0.357. The van der Waals surface area contributed by atoms with Crippen molar-refractivity contribution in [3.05, 3.63) is 0 Å². The highest BCUT2D eigenvalue weighted by Gasteiger charge is 2.10. The third kappa shape index (κ3) is 7.80. The smallest absolute Gasteiger partial charge is 0.0266 e. The van der Waals surface area contributed by atoms with Crippen LogP contribution in [0, 0.1) is 0 Å². The van der Waals surface area contributed by atoms with E-state index in [1.54, 1.807) is 0 Å². The molecule has 14 heavy (non-hydrogen) atoms. The van der Waals surface area contributed by atoms with Gasteiger partial charge in [0.15, 0.2) is 0 Å². The quantitative estimate of drug-likeness (QED) is 0.364. The van der Waals surface area contributed by atoms with Crippen LogP contribution in [0.4, 0.5) is 0 Å². The molecule has 0 unspecified atom stereocenters. The van der Waals surface area contributed by atoms with Crippen molar-refractivity contribution in [3.63, 3.8) is 0 Å². The lowest BCUT2D eigenvalue weighted by molar-refractivity contribution is 0.758. The van der Waals surface area contributed by atoms with Crippen molar-refractivity contribution in [3.8, 4) is 0 Å². The summed E-state index contributed by atoms with van der Waals surface area (Å²) in [6.07, 6.45) is 11.7. The van der Waals surface area contributed by atoms with Crippen LogP contribution in [0.3, 0.4) is 0 Å². The van der Waals surface area contributed by atoms with Crippen molar-refractivity contribution in [1.29, 1.82) is 0 Å². The van der Waals surface area contributed by atoms with Crippen molar-refractivity contribution in [2.45, 2.75) is 71.9 Å². The molecule has 0 amide bonds. The Morgan fingerprint density at radius 1 is 0.786 bits per heavy atom. The predicted octanol–water partition coefficient (Wildman–Crippen LogP) is 5.26. The van der Waals surface area contributed by atoms with Crippen LogP contribution in [-0.2, 0) is 0 Å². The molecule has 0 heterocycles. The molecule has 0 aliphatic carbocycles. The Bertz CT molecular complexity index is 99.8. The standard InChI is InChI=1S/C13H29P/c1-5-7-9-11-14(13(3)4)12-10-8-6-2/h13H,5-12H2,1-4H3. The third-order valence-corrected chi connectivity index (χ3v) is 6.07. The van der Waals surface area contributed by atoms with E-state index >= 15 is 0 Å². The molecule has 1 heteroatoms. The van der Waals surface area contributed by atoms with Crippen LogP contribution in [0.25, 0.3) is 0 Å². The predicted molar refractivity (Wildman–Crippen MR) is 70.8 cm³/mol. The second-order valence-electron chi connectivity index (χ2n) is 4.54. The average Bonchev–Trinajstić information content (AvgIpc) is 2.15. The number of hydrogen-bond donors (Lipinski definition) is 0. The van der Waals surface area contributed by atoms with Gasteiger partial charge in [-0.05, 0) is 30.8 Å². The van der Waals surface area contributed by atoms with E-state index in [9.17, 15) is 0 Å². The molecule has 0 nitrogen and oxygen atoms in total. The van der Waals surface area contributed by atoms with Crippen LogP contribution in [0.15, 0.2) is 0 Å². The van der Waals surface area contributed by atoms with Gasteiger partial charge in [0.2, 0.25) is 0 Å². The summed E-state index contributed by atoms with van der Waals surface area (Å²) < 4.78 is 0. The Morgan fingerprint density at radius 2 is 1.21 bits per heavy atom. The first-order valence-corrected chi connectivity index (χ1v) is 8.24. The Balaban J connectivity index is 3.55. The maximum Gasteiger partial charge on any atom is -0.0266 e. The van der Waals surface area contributed by atoms with Crippen molar-refractivity contribution in [2.24, 2.45) is 0 Å². The lowest BCUT2D eigenvalue weighted by atomic mass is 10.3. The lowest BCUT2D eigenvalue weighted by Crippen LogP contribution is -2.01. The molecule has 0 atom stereocenters. The zero-order chi connectivity index (χ0) is 10.8. The van der Waals surface area contributed by atoms with Gasteiger partial charge in [0.1, 0.15) is 0 Å². The molecule has 0 aliphatic heterocycles. The Kier molecular flexibility index (Phi) is 10.3. The van der Waals surface area contributed by atoms with Crippen molar-refractivity contribution in [1.82, 2.24) is 0 Å². The van der Waals surface area contributed by atoms with Gasteiger partial charge < -0.3 is 0 Å². The van der Waals surface area contributed by atoms with Gasteiger partial charge in [0, 0.05) is 0 Å². The van der Waals surface area contributed by atoms with Gasteiger partial charge in [0.25, 0.3) is 0 Å². The Hall–Kier alpha value is 0.430. The molecule has 0 radical (unpaired) electrons. The number of rotatable bonds is 9. The van der Waals surface area contributed by atoms with Crippen LogP contribution in [0.5, 0.6) is 0 Å². The maximum absolute atomic E-state index is 2.42. The molecule has 0 rings (SSSR count). The van der Waals surface area contributed by atoms with Gasteiger partial charge in [-0.1, -0.05) is 53.4 Å². The van der Waals surface area contributed by atoms with E-state index in [4.69, 9.17) is 0 Å². The molecular formula is C13H29P.